The highest BCUT2D eigenvalue weighted by molar-refractivity contribution is 8.00. The standard InChI is InChI=1S/C17H16F4N2O2S/c18-15-10-14(26-17(19,20)21)7-6-12(15)11-23-16(24)22-8-9-25-13-4-2-1-3-5-13/h1-7,10H,8-9,11H2,(H2,22,23,24). The Morgan fingerprint density at radius 1 is 1.08 bits per heavy atom. The Bertz CT molecular complexity index is 726. The fraction of sp³-hybridized carbons (Fsp3) is 0.235. The molecule has 0 aromatic heterocycles. The van der Waals surface area contributed by atoms with E-state index in [1.54, 1.807) is 12.1 Å². The summed E-state index contributed by atoms with van der Waals surface area (Å²) in [4.78, 5) is 11.4. The number of benzene rings is 2. The summed E-state index contributed by atoms with van der Waals surface area (Å²) >= 11 is -0.394. The van der Waals surface area contributed by atoms with Crippen molar-refractivity contribution in [3.63, 3.8) is 0 Å². The Hall–Kier alpha value is -2.42. The van der Waals surface area contributed by atoms with Crippen LogP contribution in [0.1, 0.15) is 5.56 Å². The molecule has 2 aromatic carbocycles. The summed E-state index contributed by atoms with van der Waals surface area (Å²) in [6.45, 7) is 0.355. The van der Waals surface area contributed by atoms with Crippen LogP contribution < -0.4 is 15.4 Å². The van der Waals surface area contributed by atoms with Crippen molar-refractivity contribution in [3.05, 3.63) is 59.9 Å². The van der Waals surface area contributed by atoms with Crippen LogP contribution in [-0.2, 0) is 6.54 Å². The van der Waals surface area contributed by atoms with Gasteiger partial charge in [0, 0.05) is 17.0 Å². The second kappa shape index (κ2) is 9.33. The minimum Gasteiger partial charge on any atom is -0.492 e. The summed E-state index contributed by atoms with van der Waals surface area (Å²) in [6, 6.07) is 11.7. The number of ether oxygens (including phenoxy) is 1. The first-order valence-electron chi connectivity index (χ1n) is 7.57. The molecular formula is C17H16F4N2O2S. The Labute approximate surface area is 151 Å². The summed E-state index contributed by atoms with van der Waals surface area (Å²) in [5.74, 6) is -0.138. The third-order valence-electron chi connectivity index (χ3n) is 3.10. The van der Waals surface area contributed by atoms with Crippen LogP contribution in [0.25, 0.3) is 0 Å². The molecule has 0 saturated heterocycles. The third kappa shape index (κ3) is 7.22. The molecule has 2 aromatic rings. The number of halogens is 4. The average molecular weight is 388 g/mol. The number of hydrogen-bond donors (Lipinski definition) is 2. The van der Waals surface area contributed by atoms with Crippen molar-refractivity contribution in [2.24, 2.45) is 0 Å². The topological polar surface area (TPSA) is 50.4 Å². The number of nitrogens with one attached hydrogen (secondary N) is 2. The van der Waals surface area contributed by atoms with Gasteiger partial charge in [0.1, 0.15) is 18.2 Å². The van der Waals surface area contributed by atoms with Crippen molar-refractivity contribution in [2.75, 3.05) is 13.2 Å². The molecule has 2 rings (SSSR count). The van der Waals surface area contributed by atoms with Crippen LogP contribution in [0.5, 0.6) is 5.75 Å². The second-order valence-electron chi connectivity index (χ2n) is 5.07. The van der Waals surface area contributed by atoms with E-state index in [0.717, 1.165) is 12.1 Å². The van der Waals surface area contributed by atoms with Crippen molar-refractivity contribution < 1.29 is 27.1 Å². The average Bonchev–Trinajstić information content (AvgIpc) is 2.57. The number of carbonyl (C=O) groups is 1. The fourth-order valence-corrected chi connectivity index (χ4v) is 2.52. The predicted octanol–water partition coefficient (Wildman–Crippen LogP) is 4.32. The van der Waals surface area contributed by atoms with Crippen molar-refractivity contribution in [3.8, 4) is 5.75 Å². The quantitative estimate of drug-likeness (QED) is 0.422. The first-order chi connectivity index (χ1) is 12.3. The number of amides is 2. The predicted molar refractivity (Wildman–Crippen MR) is 90.5 cm³/mol. The molecular weight excluding hydrogens is 372 g/mol. The first kappa shape index (κ1) is 19.9. The van der Waals surface area contributed by atoms with Gasteiger partial charge in [-0.3, -0.25) is 0 Å². The summed E-state index contributed by atoms with van der Waals surface area (Å²) in [5.41, 5.74) is -4.39. The van der Waals surface area contributed by atoms with Gasteiger partial charge in [-0.15, -0.1) is 0 Å². The third-order valence-corrected chi connectivity index (χ3v) is 3.82. The number of para-hydroxylation sites is 1. The molecule has 0 unspecified atom stereocenters. The monoisotopic (exact) mass is 388 g/mol. The zero-order chi connectivity index (χ0) is 19.0. The number of carbonyl (C=O) groups excluding carboxylic acids is 1. The largest absolute Gasteiger partial charge is 0.492 e. The van der Waals surface area contributed by atoms with Crippen LogP contribution in [0.2, 0.25) is 0 Å². The van der Waals surface area contributed by atoms with Crippen LogP contribution in [0.15, 0.2) is 53.4 Å². The Balaban J connectivity index is 1.71. The number of alkyl halides is 3. The van der Waals surface area contributed by atoms with E-state index < -0.39 is 29.1 Å². The van der Waals surface area contributed by atoms with Crippen LogP contribution in [0.4, 0.5) is 22.4 Å². The van der Waals surface area contributed by atoms with E-state index in [4.69, 9.17) is 4.74 Å². The first-order valence-corrected chi connectivity index (χ1v) is 8.39. The van der Waals surface area contributed by atoms with Gasteiger partial charge in [-0.25, -0.2) is 9.18 Å². The normalized spacial score (nSPS) is 11.1. The van der Waals surface area contributed by atoms with Gasteiger partial charge in [0.15, 0.2) is 0 Å². The van der Waals surface area contributed by atoms with Gasteiger partial charge < -0.3 is 15.4 Å². The lowest BCUT2D eigenvalue weighted by molar-refractivity contribution is -0.0328. The highest BCUT2D eigenvalue weighted by atomic mass is 32.2. The van der Waals surface area contributed by atoms with Crippen molar-refractivity contribution >= 4 is 17.8 Å². The van der Waals surface area contributed by atoms with Gasteiger partial charge in [-0.05, 0) is 36.0 Å². The molecule has 0 aliphatic carbocycles. The molecule has 0 fully saturated rings. The maximum atomic E-state index is 13.8. The highest BCUT2D eigenvalue weighted by Gasteiger charge is 2.29. The lowest BCUT2D eigenvalue weighted by Gasteiger charge is -2.10. The Morgan fingerprint density at radius 2 is 1.81 bits per heavy atom. The molecule has 2 amide bonds. The summed E-state index contributed by atoms with van der Waals surface area (Å²) in [6.07, 6.45) is 0. The van der Waals surface area contributed by atoms with Crippen LogP contribution in [0, 0.1) is 5.82 Å². The molecule has 0 heterocycles. The molecule has 0 atom stereocenters. The lowest BCUT2D eigenvalue weighted by Crippen LogP contribution is -2.37. The highest BCUT2D eigenvalue weighted by Crippen LogP contribution is 2.37. The Kier molecular flexibility index (Phi) is 7.14. The molecule has 0 spiro atoms. The molecule has 4 nitrogen and oxygen atoms in total. The summed E-state index contributed by atoms with van der Waals surface area (Å²) < 4.78 is 55.9. The molecule has 0 radical (unpaired) electrons. The van der Waals surface area contributed by atoms with E-state index in [1.165, 1.54) is 6.07 Å². The minimum absolute atomic E-state index is 0.0900. The maximum Gasteiger partial charge on any atom is 0.446 e. The van der Waals surface area contributed by atoms with Crippen LogP contribution in [-0.4, -0.2) is 24.7 Å². The smallest absolute Gasteiger partial charge is 0.446 e. The van der Waals surface area contributed by atoms with E-state index in [0.29, 0.717) is 5.75 Å². The number of urea groups is 1. The molecule has 0 aliphatic heterocycles. The zero-order valence-corrected chi connectivity index (χ0v) is 14.3. The number of hydrogen-bond acceptors (Lipinski definition) is 3. The molecule has 26 heavy (non-hydrogen) atoms. The number of rotatable bonds is 7. The zero-order valence-electron chi connectivity index (χ0n) is 13.5. The lowest BCUT2D eigenvalue weighted by atomic mass is 10.2. The SMILES string of the molecule is O=C(NCCOc1ccccc1)NCc1ccc(SC(F)(F)F)cc1F. The minimum atomic E-state index is -4.48. The van der Waals surface area contributed by atoms with Crippen molar-refractivity contribution in [1.82, 2.24) is 10.6 Å². The second-order valence-corrected chi connectivity index (χ2v) is 6.21. The molecule has 2 N–H and O–H groups in total. The van der Waals surface area contributed by atoms with E-state index in [2.05, 4.69) is 10.6 Å². The Morgan fingerprint density at radius 3 is 2.46 bits per heavy atom. The van der Waals surface area contributed by atoms with E-state index in [9.17, 15) is 22.4 Å². The van der Waals surface area contributed by atoms with Gasteiger partial charge in [-0.2, -0.15) is 13.2 Å². The van der Waals surface area contributed by atoms with Gasteiger partial charge in [0.25, 0.3) is 0 Å². The molecule has 140 valence electrons. The molecule has 0 bridgehead atoms. The summed E-state index contributed by atoms with van der Waals surface area (Å²) in [7, 11) is 0. The summed E-state index contributed by atoms with van der Waals surface area (Å²) in [5, 5.41) is 4.97. The molecule has 0 saturated carbocycles. The fourth-order valence-electron chi connectivity index (χ4n) is 1.96. The van der Waals surface area contributed by atoms with Crippen molar-refractivity contribution in [1.29, 1.82) is 0 Å². The van der Waals surface area contributed by atoms with Crippen molar-refractivity contribution in [2.45, 2.75) is 16.9 Å². The maximum absolute atomic E-state index is 13.8. The van der Waals surface area contributed by atoms with Gasteiger partial charge in [0.05, 0.1) is 6.54 Å². The molecule has 9 heteroatoms. The van der Waals surface area contributed by atoms with Gasteiger partial charge in [-0.1, -0.05) is 24.3 Å². The van der Waals surface area contributed by atoms with Crippen LogP contribution in [0.3, 0.4) is 0 Å². The van der Waals surface area contributed by atoms with Crippen LogP contribution >= 0.6 is 11.8 Å². The van der Waals surface area contributed by atoms with Gasteiger partial charge in [0.2, 0.25) is 0 Å². The number of thioether (sulfide) groups is 1. The molecule has 0 aliphatic rings. The van der Waals surface area contributed by atoms with E-state index >= 15 is 0 Å². The van der Waals surface area contributed by atoms with E-state index in [-0.39, 0.29) is 30.2 Å². The van der Waals surface area contributed by atoms with E-state index in [1.807, 2.05) is 18.2 Å². The van der Waals surface area contributed by atoms with Gasteiger partial charge >= 0.3 is 11.5 Å².